The summed E-state index contributed by atoms with van der Waals surface area (Å²) >= 11 is 0. The van der Waals surface area contributed by atoms with E-state index in [0.29, 0.717) is 22.5 Å². The fourth-order valence-corrected chi connectivity index (χ4v) is 2.10. The second-order valence-corrected chi connectivity index (χ2v) is 6.16. The van der Waals surface area contributed by atoms with E-state index in [2.05, 4.69) is 12.2 Å². The fourth-order valence-electron chi connectivity index (χ4n) is 2.10. The number of nitrogens with zero attached hydrogens (tertiary/aromatic N) is 2. The molecule has 1 aromatic carbocycles. The van der Waals surface area contributed by atoms with E-state index in [4.69, 9.17) is 4.74 Å². The Morgan fingerprint density at radius 1 is 1.26 bits per heavy atom. The molecule has 0 bridgehead atoms. The highest BCUT2D eigenvalue weighted by molar-refractivity contribution is 5.91. The molecular weight excluding hydrogens is 409 g/mol. The maximum Gasteiger partial charge on any atom is 0.414 e. The third-order valence-corrected chi connectivity index (χ3v) is 3.09. The number of carbonyl (C=O) groups excluding carboxylic acids is 2. The van der Waals surface area contributed by atoms with Gasteiger partial charge in [-0.3, -0.25) is 4.79 Å². The molecule has 0 aliphatic carbocycles. The molecular formula is C16H26IN3O3. The third-order valence-electron chi connectivity index (χ3n) is 3.09. The first-order valence-corrected chi connectivity index (χ1v) is 7.34. The van der Waals surface area contributed by atoms with Crippen molar-refractivity contribution in [2.75, 3.05) is 46.6 Å². The number of carbonyl (C=O) groups is 2. The second-order valence-electron chi connectivity index (χ2n) is 6.16. The van der Waals surface area contributed by atoms with Crippen LogP contribution in [-0.4, -0.2) is 62.7 Å². The van der Waals surface area contributed by atoms with Gasteiger partial charge in [-0.05, 0) is 18.6 Å². The molecule has 1 rings (SSSR count). The van der Waals surface area contributed by atoms with Crippen LogP contribution in [0.1, 0.15) is 13.3 Å². The number of quaternary nitrogens is 1. The predicted octanol–water partition coefficient (Wildman–Crippen LogP) is -0.824. The van der Waals surface area contributed by atoms with Crippen molar-refractivity contribution >= 4 is 17.7 Å². The van der Waals surface area contributed by atoms with E-state index in [1.165, 1.54) is 4.90 Å². The summed E-state index contributed by atoms with van der Waals surface area (Å²) < 4.78 is 5.81. The Balaban J connectivity index is 0.00000484. The number of halogens is 1. The lowest BCUT2D eigenvalue weighted by Crippen LogP contribution is -3.00. The molecule has 6 nitrogen and oxygen atoms in total. The minimum absolute atomic E-state index is 0. The first-order valence-electron chi connectivity index (χ1n) is 7.34. The number of amides is 2. The molecule has 0 radical (unpaired) electrons. The summed E-state index contributed by atoms with van der Waals surface area (Å²) in [5.74, 6) is 0.341. The highest BCUT2D eigenvalue weighted by Gasteiger charge is 2.19. The van der Waals surface area contributed by atoms with Crippen molar-refractivity contribution in [2.45, 2.75) is 13.3 Å². The van der Waals surface area contributed by atoms with E-state index in [0.717, 1.165) is 13.0 Å². The van der Waals surface area contributed by atoms with Gasteiger partial charge in [0.15, 0.2) is 6.54 Å². The van der Waals surface area contributed by atoms with Crippen molar-refractivity contribution in [3.8, 4) is 5.75 Å². The Kier molecular flexibility index (Phi) is 9.14. The number of ether oxygens (including phenoxy) is 1. The van der Waals surface area contributed by atoms with Crippen molar-refractivity contribution < 1.29 is 42.8 Å². The van der Waals surface area contributed by atoms with Gasteiger partial charge in [0.1, 0.15) is 5.75 Å². The number of anilines is 1. The molecule has 0 unspecified atom stereocenters. The topological polar surface area (TPSA) is 58.6 Å². The molecule has 23 heavy (non-hydrogen) atoms. The van der Waals surface area contributed by atoms with Gasteiger partial charge in [-0.15, -0.1) is 0 Å². The van der Waals surface area contributed by atoms with Crippen molar-refractivity contribution in [1.82, 2.24) is 4.90 Å². The van der Waals surface area contributed by atoms with Crippen molar-refractivity contribution in [2.24, 2.45) is 0 Å². The quantitative estimate of drug-likeness (QED) is 0.469. The van der Waals surface area contributed by atoms with Gasteiger partial charge >= 0.3 is 6.09 Å². The zero-order valence-corrected chi connectivity index (χ0v) is 16.6. The van der Waals surface area contributed by atoms with E-state index in [9.17, 15) is 9.59 Å². The molecule has 0 heterocycles. The molecule has 7 heteroatoms. The average molecular weight is 435 g/mol. The Bertz CT molecular complexity index is 533. The minimum Gasteiger partial charge on any atom is -1.00 e. The number of hydrogen-bond donors (Lipinski definition) is 1. The molecule has 1 aromatic rings. The van der Waals surface area contributed by atoms with Gasteiger partial charge < -0.3 is 43.4 Å². The molecule has 0 aliphatic heterocycles. The molecule has 0 spiro atoms. The highest BCUT2D eigenvalue weighted by atomic mass is 127. The number of hydrogen-bond acceptors (Lipinski definition) is 3. The summed E-state index contributed by atoms with van der Waals surface area (Å²) in [5.41, 5.74) is 0.616. The van der Waals surface area contributed by atoms with E-state index in [-0.39, 0.29) is 29.9 Å². The molecule has 0 aromatic heterocycles. The fraction of sp³-hybridized carbons (Fsp3) is 0.500. The molecule has 0 saturated carbocycles. The van der Waals surface area contributed by atoms with Crippen LogP contribution in [0, 0.1) is 0 Å². The van der Waals surface area contributed by atoms with Gasteiger partial charge in [-0.25, -0.2) is 4.79 Å². The highest BCUT2D eigenvalue weighted by Crippen LogP contribution is 2.18. The van der Waals surface area contributed by atoms with Crippen LogP contribution in [-0.2, 0) is 4.79 Å². The lowest BCUT2D eigenvalue weighted by atomic mass is 10.3. The smallest absolute Gasteiger partial charge is 0.414 e. The summed E-state index contributed by atoms with van der Waals surface area (Å²) in [6, 6.07) is 6.82. The van der Waals surface area contributed by atoms with Gasteiger partial charge in [0.05, 0.1) is 20.6 Å². The Hall–Kier alpha value is -1.35. The third kappa shape index (κ3) is 8.17. The van der Waals surface area contributed by atoms with Crippen LogP contribution < -0.4 is 34.0 Å². The second kappa shape index (κ2) is 9.71. The van der Waals surface area contributed by atoms with E-state index in [1.807, 2.05) is 14.1 Å². The van der Waals surface area contributed by atoms with Gasteiger partial charge in [-0.1, -0.05) is 13.0 Å². The van der Waals surface area contributed by atoms with Gasteiger partial charge in [0.2, 0.25) is 0 Å². The van der Waals surface area contributed by atoms with E-state index >= 15 is 0 Å². The first-order chi connectivity index (χ1) is 10.2. The monoisotopic (exact) mass is 435 g/mol. The molecule has 1 N–H and O–H groups in total. The van der Waals surface area contributed by atoms with Crippen LogP contribution in [0.5, 0.6) is 5.75 Å². The van der Waals surface area contributed by atoms with E-state index in [1.54, 1.807) is 38.4 Å². The average Bonchev–Trinajstić information content (AvgIpc) is 2.37. The zero-order chi connectivity index (χ0) is 16.8. The van der Waals surface area contributed by atoms with Crippen LogP contribution in [0.3, 0.4) is 0 Å². The van der Waals surface area contributed by atoms with Gasteiger partial charge in [0.25, 0.3) is 5.91 Å². The molecule has 130 valence electrons. The number of likely N-dealkylation sites (N-methyl/N-ethyl adjacent to an activating group) is 1. The van der Waals surface area contributed by atoms with Crippen LogP contribution in [0.4, 0.5) is 10.5 Å². The molecule has 0 saturated heterocycles. The van der Waals surface area contributed by atoms with Crippen molar-refractivity contribution in [3.63, 3.8) is 0 Å². The summed E-state index contributed by atoms with van der Waals surface area (Å²) in [7, 11) is 7.28. The minimum atomic E-state index is -0.454. The maximum atomic E-state index is 12.1. The lowest BCUT2D eigenvalue weighted by molar-refractivity contribution is -0.882. The van der Waals surface area contributed by atoms with Crippen LogP contribution in [0.2, 0.25) is 0 Å². The van der Waals surface area contributed by atoms with Gasteiger partial charge in [0, 0.05) is 25.8 Å². The Morgan fingerprint density at radius 3 is 2.48 bits per heavy atom. The predicted molar refractivity (Wildman–Crippen MR) is 86.9 cm³/mol. The van der Waals surface area contributed by atoms with Crippen LogP contribution in [0.15, 0.2) is 24.3 Å². The Morgan fingerprint density at radius 2 is 1.91 bits per heavy atom. The molecule has 2 amide bonds. The van der Waals surface area contributed by atoms with Crippen LogP contribution >= 0.6 is 0 Å². The molecule has 0 atom stereocenters. The number of nitrogens with one attached hydrogen (secondary N) is 1. The van der Waals surface area contributed by atoms with Crippen LogP contribution in [0.25, 0.3) is 0 Å². The van der Waals surface area contributed by atoms with Crippen molar-refractivity contribution in [1.29, 1.82) is 0 Å². The SMILES string of the molecule is CCC[N+](C)(C)CC(=O)Nc1cccc(OC(=O)N(C)C)c1.[I-]. The largest absolute Gasteiger partial charge is 1.00 e. The summed E-state index contributed by atoms with van der Waals surface area (Å²) in [4.78, 5) is 25.0. The van der Waals surface area contributed by atoms with Gasteiger partial charge in [-0.2, -0.15) is 0 Å². The maximum absolute atomic E-state index is 12.1. The summed E-state index contributed by atoms with van der Waals surface area (Å²) in [5, 5.41) is 2.84. The zero-order valence-electron chi connectivity index (χ0n) is 14.4. The number of rotatable bonds is 6. The summed E-state index contributed by atoms with van der Waals surface area (Å²) in [6.45, 7) is 3.43. The Labute approximate surface area is 155 Å². The number of benzene rings is 1. The standard InChI is InChI=1S/C16H25N3O3.HI/c1-6-10-19(4,5)12-15(20)17-13-8-7-9-14(11-13)22-16(21)18(2)3;/h7-9,11H,6,10,12H2,1-5H3;1H. The molecule has 0 aliphatic rings. The lowest BCUT2D eigenvalue weighted by Gasteiger charge is -2.28. The van der Waals surface area contributed by atoms with Crippen molar-refractivity contribution in [3.05, 3.63) is 24.3 Å². The van der Waals surface area contributed by atoms with E-state index < -0.39 is 6.09 Å². The normalized spacial score (nSPS) is 10.5. The molecule has 0 fully saturated rings. The summed E-state index contributed by atoms with van der Waals surface area (Å²) in [6.07, 6.45) is 0.570. The first kappa shape index (κ1) is 21.6.